The molecule has 1 N–H and O–H groups in total. The van der Waals surface area contributed by atoms with E-state index in [9.17, 15) is 19.2 Å². The van der Waals surface area contributed by atoms with E-state index in [2.05, 4.69) is 5.32 Å². The predicted molar refractivity (Wildman–Crippen MR) is 127 cm³/mol. The predicted octanol–water partition coefficient (Wildman–Crippen LogP) is 2.60. The maximum Gasteiger partial charge on any atom is 0.294 e. The SMILES string of the molecule is O=C(CN1C(=O)S/C(=C/c2ccc(OCC(=O)N3CCOCC3)cc2)C1=O)Nc1ccccc1. The van der Waals surface area contributed by atoms with Crippen molar-refractivity contribution in [2.45, 2.75) is 0 Å². The number of nitrogens with zero attached hydrogens (tertiary/aromatic N) is 2. The minimum absolute atomic E-state index is 0.0662. The molecule has 0 aliphatic carbocycles. The molecule has 2 saturated heterocycles. The number of benzene rings is 2. The topological polar surface area (TPSA) is 105 Å². The van der Waals surface area contributed by atoms with Gasteiger partial charge in [-0.15, -0.1) is 0 Å². The lowest BCUT2D eigenvalue weighted by atomic mass is 10.2. The molecular formula is C24H23N3O6S. The molecule has 10 heteroatoms. The van der Waals surface area contributed by atoms with Crippen LogP contribution in [0.5, 0.6) is 5.75 Å². The molecule has 0 saturated carbocycles. The fraction of sp³-hybridized carbons (Fsp3) is 0.250. The van der Waals surface area contributed by atoms with Gasteiger partial charge in [0.05, 0.1) is 18.1 Å². The van der Waals surface area contributed by atoms with Crippen LogP contribution < -0.4 is 10.1 Å². The largest absolute Gasteiger partial charge is 0.484 e. The Hall–Kier alpha value is -3.63. The lowest BCUT2D eigenvalue weighted by Gasteiger charge is -2.26. The number of rotatable bonds is 7. The van der Waals surface area contributed by atoms with Gasteiger partial charge in [0.15, 0.2) is 6.61 Å². The fourth-order valence-corrected chi connectivity index (χ4v) is 4.20. The molecule has 0 aromatic heterocycles. The maximum atomic E-state index is 12.7. The van der Waals surface area contributed by atoms with E-state index in [-0.39, 0.29) is 24.0 Å². The number of para-hydroxylation sites is 1. The summed E-state index contributed by atoms with van der Waals surface area (Å²) in [5, 5.41) is 2.16. The monoisotopic (exact) mass is 481 g/mol. The Morgan fingerprint density at radius 2 is 1.74 bits per heavy atom. The normalized spacial score (nSPS) is 17.2. The summed E-state index contributed by atoms with van der Waals surface area (Å²) >= 11 is 0.786. The van der Waals surface area contributed by atoms with Crippen LogP contribution in [0.4, 0.5) is 10.5 Å². The first kappa shape index (κ1) is 23.5. The Balaban J connectivity index is 1.31. The third-order valence-corrected chi connectivity index (χ3v) is 6.04. The van der Waals surface area contributed by atoms with Crippen molar-refractivity contribution >= 4 is 46.5 Å². The summed E-state index contributed by atoms with van der Waals surface area (Å²) in [6, 6.07) is 15.6. The summed E-state index contributed by atoms with van der Waals surface area (Å²) in [4.78, 5) is 52.2. The van der Waals surface area contributed by atoms with Crippen LogP contribution in [0.2, 0.25) is 0 Å². The van der Waals surface area contributed by atoms with Gasteiger partial charge in [-0.05, 0) is 47.7 Å². The molecule has 9 nitrogen and oxygen atoms in total. The zero-order chi connectivity index (χ0) is 23.9. The second-order valence-electron chi connectivity index (χ2n) is 7.53. The smallest absolute Gasteiger partial charge is 0.294 e. The highest BCUT2D eigenvalue weighted by molar-refractivity contribution is 8.18. The number of carbonyl (C=O) groups excluding carboxylic acids is 4. The van der Waals surface area contributed by atoms with Crippen LogP contribution in [0.25, 0.3) is 6.08 Å². The number of carbonyl (C=O) groups is 4. The van der Waals surface area contributed by atoms with Crippen molar-refractivity contribution in [3.8, 4) is 5.75 Å². The van der Waals surface area contributed by atoms with Crippen molar-refractivity contribution < 1.29 is 28.7 Å². The van der Waals surface area contributed by atoms with Crippen LogP contribution in [0.15, 0.2) is 59.5 Å². The van der Waals surface area contributed by atoms with Gasteiger partial charge in [0.2, 0.25) is 5.91 Å². The molecular weight excluding hydrogens is 458 g/mol. The fourth-order valence-electron chi connectivity index (χ4n) is 3.36. The van der Waals surface area contributed by atoms with E-state index in [1.165, 1.54) is 0 Å². The summed E-state index contributed by atoms with van der Waals surface area (Å²) in [6.07, 6.45) is 1.59. The van der Waals surface area contributed by atoms with Crippen molar-refractivity contribution in [1.29, 1.82) is 0 Å². The van der Waals surface area contributed by atoms with Crippen LogP contribution >= 0.6 is 11.8 Å². The molecule has 176 valence electrons. The third kappa shape index (κ3) is 6.03. The molecule has 34 heavy (non-hydrogen) atoms. The first-order chi connectivity index (χ1) is 16.5. The number of amides is 4. The van der Waals surface area contributed by atoms with Gasteiger partial charge >= 0.3 is 0 Å². The van der Waals surface area contributed by atoms with Gasteiger partial charge in [-0.1, -0.05) is 30.3 Å². The van der Waals surface area contributed by atoms with E-state index in [0.717, 1.165) is 16.7 Å². The van der Waals surface area contributed by atoms with E-state index in [0.29, 0.717) is 43.3 Å². The summed E-state index contributed by atoms with van der Waals surface area (Å²) in [5.41, 5.74) is 1.27. The number of morpholine rings is 1. The minimum atomic E-state index is -0.519. The number of anilines is 1. The minimum Gasteiger partial charge on any atom is -0.484 e. The molecule has 2 aliphatic rings. The molecule has 4 rings (SSSR count). The molecule has 0 spiro atoms. The van der Waals surface area contributed by atoms with Gasteiger partial charge in [-0.2, -0.15) is 0 Å². The van der Waals surface area contributed by atoms with Crippen molar-refractivity contribution in [2.75, 3.05) is 44.8 Å². The van der Waals surface area contributed by atoms with Crippen LogP contribution in [0.1, 0.15) is 5.56 Å². The van der Waals surface area contributed by atoms with E-state index >= 15 is 0 Å². The van der Waals surface area contributed by atoms with Gasteiger partial charge in [0.1, 0.15) is 12.3 Å². The van der Waals surface area contributed by atoms with E-state index in [1.807, 2.05) is 6.07 Å². The number of thioether (sulfide) groups is 1. The van der Waals surface area contributed by atoms with Crippen molar-refractivity contribution in [2.24, 2.45) is 0 Å². The standard InChI is InChI=1S/C24H23N3O6S/c28-21(25-18-4-2-1-3-5-18)15-27-23(30)20(34-24(27)31)14-17-6-8-19(9-7-17)33-16-22(29)26-10-12-32-13-11-26/h1-9,14H,10-13,15-16H2,(H,25,28)/b20-14+. The van der Waals surface area contributed by atoms with Crippen LogP contribution in [-0.4, -0.2) is 72.2 Å². The molecule has 4 amide bonds. The Bertz CT molecular complexity index is 1100. The molecule has 2 aliphatic heterocycles. The van der Waals surface area contributed by atoms with Crippen LogP contribution in [0.3, 0.4) is 0 Å². The van der Waals surface area contributed by atoms with Crippen LogP contribution in [0, 0.1) is 0 Å². The Kier molecular flexibility index (Phi) is 7.61. The van der Waals surface area contributed by atoms with Crippen LogP contribution in [-0.2, 0) is 19.1 Å². The highest BCUT2D eigenvalue weighted by Gasteiger charge is 2.36. The number of hydrogen-bond acceptors (Lipinski definition) is 7. The molecule has 2 fully saturated rings. The molecule has 2 aromatic rings. The molecule has 2 heterocycles. The summed E-state index contributed by atoms with van der Waals surface area (Å²) in [7, 11) is 0. The van der Waals surface area contributed by atoms with Gasteiger partial charge in [-0.3, -0.25) is 24.1 Å². The van der Waals surface area contributed by atoms with E-state index in [1.54, 1.807) is 59.5 Å². The number of hydrogen-bond donors (Lipinski definition) is 1. The molecule has 0 unspecified atom stereocenters. The second-order valence-corrected chi connectivity index (χ2v) is 8.53. The number of imide groups is 1. The van der Waals surface area contributed by atoms with E-state index < -0.39 is 17.1 Å². The van der Waals surface area contributed by atoms with Gasteiger partial charge < -0.3 is 19.7 Å². The number of ether oxygens (including phenoxy) is 2. The second kappa shape index (κ2) is 11.0. The van der Waals surface area contributed by atoms with Gasteiger partial charge in [-0.25, -0.2) is 0 Å². The highest BCUT2D eigenvalue weighted by Crippen LogP contribution is 2.32. The van der Waals surface area contributed by atoms with Gasteiger partial charge in [0.25, 0.3) is 17.1 Å². The third-order valence-electron chi connectivity index (χ3n) is 5.14. The average molecular weight is 482 g/mol. The first-order valence-electron chi connectivity index (χ1n) is 10.7. The highest BCUT2D eigenvalue weighted by atomic mass is 32.2. The van der Waals surface area contributed by atoms with Crippen molar-refractivity contribution in [1.82, 2.24) is 9.80 Å². The Morgan fingerprint density at radius 1 is 1.03 bits per heavy atom. The van der Waals surface area contributed by atoms with Crippen molar-refractivity contribution in [3.05, 3.63) is 65.1 Å². The molecule has 0 bridgehead atoms. The lowest BCUT2D eigenvalue weighted by Crippen LogP contribution is -2.42. The number of nitrogens with one attached hydrogen (secondary N) is 1. The summed E-state index contributed by atoms with van der Waals surface area (Å²) < 4.78 is 10.8. The Morgan fingerprint density at radius 3 is 2.44 bits per heavy atom. The van der Waals surface area contributed by atoms with E-state index in [4.69, 9.17) is 9.47 Å². The average Bonchev–Trinajstić information content (AvgIpc) is 3.11. The molecule has 0 radical (unpaired) electrons. The summed E-state index contributed by atoms with van der Waals surface area (Å²) in [6.45, 7) is 1.76. The quantitative estimate of drug-likeness (QED) is 0.606. The first-order valence-corrected chi connectivity index (χ1v) is 11.5. The lowest BCUT2D eigenvalue weighted by molar-refractivity contribution is -0.137. The maximum absolute atomic E-state index is 12.7. The van der Waals surface area contributed by atoms with Gasteiger partial charge in [0, 0.05) is 18.8 Å². The Labute approximate surface area is 200 Å². The van der Waals surface area contributed by atoms with Crippen molar-refractivity contribution in [3.63, 3.8) is 0 Å². The zero-order valence-corrected chi connectivity index (χ0v) is 19.1. The molecule has 0 atom stereocenters. The summed E-state index contributed by atoms with van der Waals surface area (Å²) in [5.74, 6) is -0.556. The molecule has 2 aromatic carbocycles. The zero-order valence-electron chi connectivity index (χ0n) is 18.3.